The Hall–Kier alpha value is -5.94. The molecule has 0 amide bonds. The van der Waals surface area contributed by atoms with Gasteiger partial charge in [0.2, 0.25) is 11.0 Å². The standard InChI is InChI=1S/C39H20N4O/c1-3-9-23-21(7-1)19-40-27-11-5-17-42-37(27)31-25(35(23)40)13-15-29-33(31)39(42)34-30(44-29)16-14-26-32(34)38-28(12-6-18-43(38)39)41-20-22-8-2-4-10-24(22)36(26)41/h1-20H/q+2. The van der Waals surface area contributed by atoms with Crippen LogP contribution in [0.2, 0.25) is 0 Å². The van der Waals surface area contributed by atoms with E-state index < -0.39 is 5.66 Å². The van der Waals surface area contributed by atoms with E-state index in [1.807, 2.05) is 0 Å². The zero-order chi connectivity index (χ0) is 28.1. The van der Waals surface area contributed by atoms with E-state index in [4.69, 9.17) is 4.74 Å². The third-order valence-electron chi connectivity index (χ3n) is 10.8. The van der Waals surface area contributed by atoms with Crippen molar-refractivity contribution in [3.05, 3.63) is 133 Å². The molecular formula is C39H20N4O+2. The fourth-order valence-electron chi connectivity index (χ4n) is 9.42. The molecule has 4 aromatic carbocycles. The highest BCUT2D eigenvalue weighted by atomic mass is 16.5. The zero-order valence-corrected chi connectivity index (χ0v) is 23.2. The van der Waals surface area contributed by atoms with Crippen LogP contribution in [0.25, 0.3) is 76.2 Å². The molecule has 0 bridgehead atoms. The highest BCUT2D eigenvalue weighted by Gasteiger charge is 2.69. The van der Waals surface area contributed by atoms with Crippen LogP contribution in [0.4, 0.5) is 0 Å². The van der Waals surface area contributed by atoms with E-state index in [0.717, 1.165) is 11.5 Å². The summed E-state index contributed by atoms with van der Waals surface area (Å²) in [7, 11) is 0. The number of pyridine rings is 4. The molecule has 3 aliphatic rings. The van der Waals surface area contributed by atoms with Crippen LogP contribution in [0.15, 0.2) is 122 Å². The van der Waals surface area contributed by atoms with Gasteiger partial charge in [-0.3, -0.25) is 0 Å². The second kappa shape index (κ2) is 6.36. The van der Waals surface area contributed by atoms with E-state index in [9.17, 15) is 0 Å². The molecule has 6 aromatic heterocycles. The topological polar surface area (TPSA) is 25.8 Å². The highest BCUT2D eigenvalue weighted by Crippen LogP contribution is 2.58. The summed E-state index contributed by atoms with van der Waals surface area (Å²) in [6, 6.07) is 35.4. The first-order valence-corrected chi connectivity index (χ1v) is 15.2. The van der Waals surface area contributed by atoms with Crippen molar-refractivity contribution in [3.8, 4) is 11.5 Å². The molecule has 9 heterocycles. The molecule has 10 aromatic rings. The van der Waals surface area contributed by atoms with Crippen LogP contribution in [0, 0.1) is 0 Å². The summed E-state index contributed by atoms with van der Waals surface area (Å²) in [4.78, 5) is 0. The number of hydrogen-bond acceptors (Lipinski definition) is 1. The van der Waals surface area contributed by atoms with E-state index in [0.29, 0.717) is 0 Å². The second-order valence-electron chi connectivity index (χ2n) is 12.6. The van der Waals surface area contributed by atoms with E-state index in [2.05, 4.69) is 140 Å². The summed E-state index contributed by atoms with van der Waals surface area (Å²) < 4.78 is 16.8. The SMILES string of the molecule is c1ccc2c(c1)cn1c3ccc[n+]4c3c3c5c(ccc3c21)Oc1ccc2c3c1C54[n+]1cccc(c31)n1cc3ccccc3c21. The van der Waals surface area contributed by atoms with Gasteiger partial charge in [0.15, 0.2) is 23.5 Å². The summed E-state index contributed by atoms with van der Waals surface area (Å²) in [5, 5.41) is 10.1. The summed E-state index contributed by atoms with van der Waals surface area (Å²) in [6.07, 6.45) is 9.18. The number of fused-ring (bicyclic) bond motifs is 10. The molecule has 3 aliphatic heterocycles. The molecule has 0 fully saturated rings. The largest absolute Gasteiger partial charge is 0.456 e. The molecule has 1 spiro atoms. The second-order valence-corrected chi connectivity index (χ2v) is 12.6. The molecule has 200 valence electrons. The van der Waals surface area contributed by atoms with Crippen LogP contribution < -0.4 is 13.9 Å². The van der Waals surface area contributed by atoms with Gasteiger partial charge in [-0.15, -0.1) is 9.13 Å². The third kappa shape index (κ3) is 1.87. The maximum absolute atomic E-state index is 6.93. The van der Waals surface area contributed by atoms with Gasteiger partial charge >= 0.3 is 5.66 Å². The Morgan fingerprint density at radius 2 is 1.00 bits per heavy atom. The van der Waals surface area contributed by atoms with Gasteiger partial charge in [-0.25, -0.2) is 0 Å². The molecule has 44 heavy (non-hydrogen) atoms. The predicted molar refractivity (Wildman–Crippen MR) is 172 cm³/mol. The van der Waals surface area contributed by atoms with Gasteiger partial charge in [-0.1, -0.05) is 48.5 Å². The fraction of sp³-hybridized carbons (Fsp3) is 0.0256. The van der Waals surface area contributed by atoms with Gasteiger partial charge in [0, 0.05) is 56.8 Å². The normalized spacial score (nSPS) is 15.2. The van der Waals surface area contributed by atoms with Crippen molar-refractivity contribution in [2.24, 2.45) is 0 Å². The third-order valence-corrected chi connectivity index (χ3v) is 10.8. The average Bonchev–Trinajstić information content (AvgIpc) is 3.82. The average molecular weight is 561 g/mol. The van der Waals surface area contributed by atoms with Crippen molar-refractivity contribution < 1.29 is 13.9 Å². The molecule has 0 saturated carbocycles. The summed E-state index contributed by atoms with van der Waals surface area (Å²) in [5.41, 5.74) is 9.29. The molecule has 5 heteroatoms. The van der Waals surface area contributed by atoms with Crippen LogP contribution >= 0.6 is 0 Å². The Morgan fingerprint density at radius 1 is 0.500 bits per heavy atom. The van der Waals surface area contributed by atoms with Gasteiger partial charge in [-0.2, -0.15) is 0 Å². The van der Waals surface area contributed by atoms with Crippen molar-refractivity contribution in [3.63, 3.8) is 0 Å². The minimum atomic E-state index is -0.601. The fourth-order valence-corrected chi connectivity index (χ4v) is 9.42. The first-order chi connectivity index (χ1) is 21.8. The van der Waals surface area contributed by atoms with Gasteiger partial charge < -0.3 is 13.5 Å². The van der Waals surface area contributed by atoms with E-state index in [-0.39, 0.29) is 0 Å². The number of benzene rings is 4. The minimum Gasteiger partial charge on any atom is -0.456 e. The van der Waals surface area contributed by atoms with Crippen molar-refractivity contribution in [2.75, 3.05) is 0 Å². The Morgan fingerprint density at radius 3 is 1.52 bits per heavy atom. The van der Waals surface area contributed by atoms with Gasteiger partial charge in [0.1, 0.15) is 22.5 Å². The Balaban J connectivity index is 1.34. The molecule has 0 aliphatic carbocycles. The van der Waals surface area contributed by atoms with Crippen molar-refractivity contribution in [1.29, 1.82) is 0 Å². The number of rotatable bonds is 0. The zero-order valence-electron chi connectivity index (χ0n) is 23.2. The minimum absolute atomic E-state index is 0.601. The molecular weight excluding hydrogens is 540 g/mol. The monoisotopic (exact) mass is 560 g/mol. The summed E-state index contributed by atoms with van der Waals surface area (Å²) in [5.74, 6) is 1.87. The lowest BCUT2D eigenvalue weighted by Gasteiger charge is -2.26. The van der Waals surface area contributed by atoms with Gasteiger partial charge in [0.25, 0.3) is 0 Å². The maximum atomic E-state index is 6.93. The van der Waals surface area contributed by atoms with Crippen LogP contribution in [0.1, 0.15) is 11.1 Å². The molecule has 0 unspecified atom stereocenters. The predicted octanol–water partition coefficient (Wildman–Crippen LogP) is 7.72. The Kier molecular flexibility index (Phi) is 3.01. The Labute approximate surface area is 248 Å². The van der Waals surface area contributed by atoms with E-state index in [1.165, 1.54) is 87.3 Å². The first kappa shape index (κ1) is 20.9. The van der Waals surface area contributed by atoms with Gasteiger partial charge in [0.05, 0.1) is 21.8 Å². The van der Waals surface area contributed by atoms with Crippen molar-refractivity contribution in [2.45, 2.75) is 5.66 Å². The number of ether oxygens (including phenoxy) is 1. The first-order valence-electron chi connectivity index (χ1n) is 15.2. The van der Waals surface area contributed by atoms with Crippen LogP contribution in [-0.4, -0.2) is 8.80 Å². The number of hydrogen-bond donors (Lipinski definition) is 0. The lowest BCUT2D eigenvalue weighted by Crippen LogP contribution is -2.72. The molecule has 0 N–H and O–H groups in total. The summed E-state index contributed by atoms with van der Waals surface area (Å²) >= 11 is 0. The van der Waals surface area contributed by atoms with E-state index >= 15 is 0 Å². The maximum Gasteiger partial charge on any atom is 0.425 e. The molecule has 0 saturated heterocycles. The van der Waals surface area contributed by atoms with E-state index in [1.54, 1.807) is 0 Å². The molecule has 0 atom stereocenters. The molecule has 13 rings (SSSR count). The number of aromatic nitrogens is 4. The van der Waals surface area contributed by atoms with Gasteiger partial charge in [-0.05, 0) is 36.4 Å². The van der Waals surface area contributed by atoms with Crippen molar-refractivity contribution in [1.82, 2.24) is 8.80 Å². The Bertz CT molecular complexity index is 2880. The lowest BCUT2D eigenvalue weighted by molar-refractivity contribution is -0.945. The van der Waals surface area contributed by atoms with Crippen molar-refractivity contribution >= 4 is 76.2 Å². The van der Waals surface area contributed by atoms with Crippen LogP contribution in [-0.2, 0) is 5.66 Å². The molecule has 0 radical (unpaired) electrons. The summed E-state index contributed by atoms with van der Waals surface area (Å²) in [6.45, 7) is 0. The van der Waals surface area contributed by atoms with Crippen LogP contribution in [0.3, 0.4) is 0 Å². The number of nitrogens with zero attached hydrogens (tertiary/aromatic N) is 4. The smallest absolute Gasteiger partial charge is 0.425 e. The van der Waals surface area contributed by atoms with Crippen LogP contribution in [0.5, 0.6) is 11.5 Å². The quantitative estimate of drug-likeness (QED) is 0.138. The molecule has 5 nitrogen and oxygen atoms in total. The highest BCUT2D eigenvalue weighted by molar-refractivity contribution is 6.23. The lowest BCUT2D eigenvalue weighted by atomic mass is 9.85.